The van der Waals surface area contributed by atoms with Gasteiger partial charge < -0.3 is 11.1 Å². The van der Waals surface area contributed by atoms with E-state index in [-0.39, 0.29) is 0 Å². The van der Waals surface area contributed by atoms with Crippen LogP contribution in [0.25, 0.3) is 0 Å². The third kappa shape index (κ3) is 2.50. The molecular formula is C12H14N2S. The largest absolute Gasteiger partial charge is 0.399 e. The van der Waals surface area contributed by atoms with Gasteiger partial charge in [-0.05, 0) is 47.0 Å². The molecule has 78 valence electrons. The van der Waals surface area contributed by atoms with E-state index < -0.39 is 0 Å². The van der Waals surface area contributed by atoms with Gasteiger partial charge in [0.2, 0.25) is 0 Å². The van der Waals surface area contributed by atoms with Crippen LogP contribution in [0.2, 0.25) is 0 Å². The highest BCUT2D eigenvalue weighted by molar-refractivity contribution is 7.07. The van der Waals surface area contributed by atoms with Gasteiger partial charge in [-0.1, -0.05) is 6.07 Å². The number of nitrogens with two attached hydrogens (primary N) is 1. The van der Waals surface area contributed by atoms with Gasteiger partial charge in [0.15, 0.2) is 0 Å². The molecule has 1 aromatic carbocycles. The van der Waals surface area contributed by atoms with Gasteiger partial charge in [-0.15, -0.1) is 0 Å². The molecule has 3 heteroatoms. The first-order valence-electron chi connectivity index (χ1n) is 4.87. The van der Waals surface area contributed by atoms with Crippen LogP contribution in [0.3, 0.4) is 0 Å². The smallest absolute Gasteiger partial charge is 0.0409 e. The Morgan fingerprint density at radius 2 is 2.20 bits per heavy atom. The highest BCUT2D eigenvalue weighted by Gasteiger charge is 1.98. The summed E-state index contributed by atoms with van der Waals surface area (Å²) in [6.07, 6.45) is 0. The van der Waals surface area contributed by atoms with Crippen molar-refractivity contribution >= 4 is 22.7 Å². The first kappa shape index (κ1) is 10.1. The average molecular weight is 218 g/mol. The van der Waals surface area contributed by atoms with E-state index >= 15 is 0 Å². The second-order valence-corrected chi connectivity index (χ2v) is 4.34. The van der Waals surface area contributed by atoms with Crippen molar-refractivity contribution in [3.8, 4) is 0 Å². The maximum absolute atomic E-state index is 5.74. The van der Waals surface area contributed by atoms with Gasteiger partial charge in [0, 0.05) is 17.9 Å². The molecule has 1 aromatic heterocycles. The van der Waals surface area contributed by atoms with Crippen LogP contribution >= 0.6 is 11.3 Å². The van der Waals surface area contributed by atoms with Crippen molar-refractivity contribution in [1.29, 1.82) is 0 Å². The Bertz CT molecular complexity index is 435. The van der Waals surface area contributed by atoms with Crippen LogP contribution in [0, 0.1) is 6.92 Å². The van der Waals surface area contributed by atoms with E-state index in [0.717, 1.165) is 17.9 Å². The minimum absolute atomic E-state index is 0.799. The van der Waals surface area contributed by atoms with Gasteiger partial charge in [0.25, 0.3) is 0 Å². The van der Waals surface area contributed by atoms with E-state index in [9.17, 15) is 0 Å². The first-order valence-corrected chi connectivity index (χ1v) is 5.81. The van der Waals surface area contributed by atoms with Crippen molar-refractivity contribution in [1.82, 2.24) is 0 Å². The zero-order chi connectivity index (χ0) is 10.7. The molecule has 15 heavy (non-hydrogen) atoms. The van der Waals surface area contributed by atoms with Crippen molar-refractivity contribution in [2.75, 3.05) is 11.1 Å². The van der Waals surface area contributed by atoms with Gasteiger partial charge in [-0.3, -0.25) is 0 Å². The summed E-state index contributed by atoms with van der Waals surface area (Å²) in [6.45, 7) is 2.93. The molecule has 0 fully saturated rings. The zero-order valence-corrected chi connectivity index (χ0v) is 9.47. The van der Waals surface area contributed by atoms with Crippen LogP contribution in [-0.4, -0.2) is 0 Å². The molecule has 0 aliphatic heterocycles. The Kier molecular flexibility index (Phi) is 2.92. The summed E-state index contributed by atoms with van der Waals surface area (Å²) in [7, 11) is 0. The Balaban J connectivity index is 2.07. The van der Waals surface area contributed by atoms with Crippen LogP contribution in [0.5, 0.6) is 0 Å². The maximum atomic E-state index is 5.74. The molecule has 3 N–H and O–H groups in total. The number of hydrogen-bond donors (Lipinski definition) is 2. The molecule has 0 spiro atoms. The molecule has 0 aliphatic carbocycles. The topological polar surface area (TPSA) is 38.0 Å². The molecule has 0 saturated heterocycles. The number of anilines is 2. The Labute approximate surface area is 93.7 Å². The summed E-state index contributed by atoms with van der Waals surface area (Å²) in [4.78, 5) is 0. The van der Waals surface area contributed by atoms with Crippen molar-refractivity contribution in [2.24, 2.45) is 0 Å². The van der Waals surface area contributed by atoms with E-state index in [1.807, 2.05) is 18.2 Å². The highest BCUT2D eigenvalue weighted by atomic mass is 32.1. The summed E-state index contributed by atoms with van der Waals surface area (Å²) >= 11 is 1.72. The molecular weight excluding hydrogens is 204 g/mol. The number of nitrogens with one attached hydrogen (secondary N) is 1. The fourth-order valence-corrected chi connectivity index (χ4v) is 2.09. The van der Waals surface area contributed by atoms with Gasteiger partial charge in [-0.2, -0.15) is 11.3 Å². The van der Waals surface area contributed by atoms with Crippen molar-refractivity contribution in [3.05, 3.63) is 46.2 Å². The summed E-state index contributed by atoms with van der Waals surface area (Å²) < 4.78 is 0. The van der Waals surface area contributed by atoms with E-state index in [4.69, 9.17) is 5.73 Å². The van der Waals surface area contributed by atoms with Crippen LogP contribution in [0.15, 0.2) is 35.0 Å². The number of thiophene rings is 1. The summed E-state index contributed by atoms with van der Waals surface area (Å²) in [5.41, 5.74) is 10.2. The fraction of sp³-hybridized carbons (Fsp3) is 0.167. The summed E-state index contributed by atoms with van der Waals surface area (Å²) in [6, 6.07) is 8.05. The van der Waals surface area contributed by atoms with Crippen LogP contribution in [-0.2, 0) is 6.54 Å². The number of nitrogen functional groups attached to an aromatic ring is 1. The SMILES string of the molecule is Cc1ccc(N)cc1NCc1ccsc1. The minimum atomic E-state index is 0.799. The summed E-state index contributed by atoms with van der Waals surface area (Å²) in [5, 5.41) is 7.62. The van der Waals surface area contributed by atoms with Gasteiger partial charge in [0.05, 0.1) is 0 Å². The lowest BCUT2D eigenvalue weighted by atomic mass is 10.2. The number of rotatable bonds is 3. The lowest BCUT2D eigenvalue weighted by Crippen LogP contribution is -2.00. The van der Waals surface area contributed by atoms with Gasteiger partial charge >= 0.3 is 0 Å². The van der Waals surface area contributed by atoms with Gasteiger partial charge in [0.1, 0.15) is 0 Å². The standard InChI is InChI=1S/C12H14N2S/c1-9-2-3-11(13)6-12(9)14-7-10-4-5-15-8-10/h2-6,8,14H,7,13H2,1H3. The predicted molar refractivity (Wildman–Crippen MR) is 67.2 cm³/mol. The predicted octanol–water partition coefficient (Wildman–Crippen LogP) is 3.25. The molecule has 1 heterocycles. The Morgan fingerprint density at radius 3 is 2.93 bits per heavy atom. The maximum Gasteiger partial charge on any atom is 0.0409 e. The monoisotopic (exact) mass is 218 g/mol. The molecule has 2 nitrogen and oxygen atoms in total. The Hall–Kier alpha value is -1.48. The second-order valence-electron chi connectivity index (χ2n) is 3.56. The third-order valence-corrected chi connectivity index (χ3v) is 3.06. The molecule has 0 atom stereocenters. The molecule has 0 aliphatic rings. The van der Waals surface area contributed by atoms with E-state index in [0.29, 0.717) is 0 Å². The van der Waals surface area contributed by atoms with E-state index in [1.54, 1.807) is 11.3 Å². The van der Waals surface area contributed by atoms with Crippen LogP contribution in [0.4, 0.5) is 11.4 Å². The molecule has 0 bridgehead atoms. The van der Waals surface area contributed by atoms with Crippen LogP contribution < -0.4 is 11.1 Å². The van der Waals surface area contributed by atoms with Crippen LogP contribution in [0.1, 0.15) is 11.1 Å². The minimum Gasteiger partial charge on any atom is -0.399 e. The summed E-state index contributed by atoms with van der Waals surface area (Å²) in [5.74, 6) is 0. The molecule has 0 radical (unpaired) electrons. The molecule has 2 aromatic rings. The lowest BCUT2D eigenvalue weighted by Gasteiger charge is -2.09. The van der Waals surface area contributed by atoms with Gasteiger partial charge in [-0.25, -0.2) is 0 Å². The van der Waals surface area contributed by atoms with Crippen molar-refractivity contribution < 1.29 is 0 Å². The molecule has 2 rings (SSSR count). The average Bonchev–Trinajstić information content (AvgIpc) is 2.72. The zero-order valence-electron chi connectivity index (χ0n) is 8.66. The van der Waals surface area contributed by atoms with Crippen molar-refractivity contribution in [2.45, 2.75) is 13.5 Å². The molecule has 0 amide bonds. The first-order chi connectivity index (χ1) is 7.25. The number of aryl methyl sites for hydroxylation is 1. The number of hydrogen-bond acceptors (Lipinski definition) is 3. The van der Waals surface area contributed by atoms with E-state index in [2.05, 4.69) is 29.1 Å². The second kappa shape index (κ2) is 4.36. The quantitative estimate of drug-likeness (QED) is 0.776. The molecule has 0 unspecified atom stereocenters. The third-order valence-electron chi connectivity index (χ3n) is 2.32. The normalized spacial score (nSPS) is 10.2. The highest BCUT2D eigenvalue weighted by Crippen LogP contribution is 2.19. The number of benzene rings is 1. The molecule has 0 saturated carbocycles. The Morgan fingerprint density at radius 1 is 1.33 bits per heavy atom. The van der Waals surface area contributed by atoms with E-state index in [1.165, 1.54) is 11.1 Å². The fourth-order valence-electron chi connectivity index (χ4n) is 1.42. The van der Waals surface area contributed by atoms with Crippen molar-refractivity contribution in [3.63, 3.8) is 0 Å². The lowest BCUT2D eigenvalue weighted by molar-refractivity contribution is 1.15.